The fourth-order valence-electron chi connectivity index (χ4n) is 4.55. The van der Waals surface area contributed by atoms with E-state index in [1.54, 1.807) is 0 Å². The number of carbonyl (C=O) groups is 1. The van der Waals surface area contributed by atoms with Crippen LogP contribution in [0.5, 0.6) is 5.75 Å². The van der Waals surface area contributed by atoms with E-state index >= 15 is 0 Å². The summed E-state index contributed by atoms with van der Waals surface area (Å²) in [6, 6.07) is 12.0. The van der Waals surface area contributed by atoms with Crippen molar-refractivity contribution in [2.24, 2.45) is 5.92 Å². The zero-order valence-electron chi connectivity index (χ0n) is 18.1. The number of rotatable bonds is 8. The van der Waals surface area contributed by atoms with Crippen LogP contribution in [0.25, 0.3) is 0 Å². The number of nitrogens with one attached hydrogen (secondary N) is 2. The topological polar surface area (TPSA) is 59.6 Å². The van der Waals surface area contributed by atoms with E-state index in [9.17, 15) is 4.79 Å². The van der Waals surface area contributed by atoms with Crippen LogP contribution in [-0.2, 0) is 17.6 Å². The van der Waals surface area contributed by atoms with Crippen molar-refractivity contribution >= 4 is 17.5 Å². The second kappa shape index (κ2) is 10.5. The molecule has 0 unspecified atom stereocenters. The Balaban J connectivity index is 1.43. The van der Waals surface area contributed by atoms with Gasteiger partial charge in [-0.2, -0.15) is 0 Å². The Hall–Kier alpha value is -2.08. The van der Waals surface area contributed by atoms with Crippen molar-refractivity contribution in [3.8, 4) is 5.75 Å². The molecule has 2 aromatic rings. The highest BCUT2D eigenvalue weighted by Crippen LogP contribution is 2.32. The molecule has 2 N–H and O–H groups in total. The van der Waals surface area contributed by atoms with Crippen molar-refractivity contribution in [1.82, 2.24) is 10.6 Å². The molecule has 1 fully saturated rings. The number of ether oxygens (including phenoxy) is 2. The van der Waals surface area contributed by atoms with Crippen molar-refractivity contribution in [3.05, 3.63) is 63.7 Å². The van der Waals surface area contributed by atoms with Crippen molar-refractivity contribution in [1.29, 1.82) is 0 Å². The van der Waals surface area contributed by atoms with E-state index in [0.717, 1.165) is 60.8 Å². The zero-order valence-corrected chi connectivity index (χ0v) is 18.8. The first-order chi connectivity index (χ1) is 15.1. The summed E-state index contributed by atoms with van der Waals surface area (Å²) in [5.41, 5.74) is 4.10. The molecule has 0 bridgehead atoms. The van der Waals surface area contributed by atoms with Gasteiger partial charge in [0.2, 0.25) is 0 Å². The number of amides is 1. The molecule has 2 heterocycles. The fraction of sp³-hybridized carbons (Fsp3) is 0.480. The lowest BCUT2D eigenvalue weighted by Gasteiger charge is -2.26. The molecule has 0 aromatic heterocycles. The molecule has 0 radical (unpaired) electrons. The van der Waals surface area contributed by atoms with E-state index in [-0.39, 0.29) is 11.9 Å². The number of carbonyl (C=O) groups excluding carboxylic acids is 1. The average molecular weight is 443 g/mol. The summed E-state index contributed by atoms with van der Waals surface area (Å²) in [4.78, 5) is 13.0. The molecular formula is C25H31ClN2O3. The number of likely N-dealkylation sites (N-methyl/N-ethyl adjacent to an activating group) is 1. The maximum Gasteiger partial charge on any atom is 0.251 e. The van der Waals surface area contributed by atoms with Crippen molar-refractivity contribution in [2.75, 3.05) is 33.4 Å². The lowest BCUT2D eigenvalue weighted by Crippen LogP contribution is -2.41. The molecule has 0 aliphatic carbocycles. The van der Waals surface area contributed by atoms with Gasteiger partial charge in [-0.05, 0) is 74.0 Å². The molecule has 166 valence electrons. The Kier molecular flexibility index (Phi) is 7.49. The third-order valence-electron chi connectivity index (χ3n) is 6.25. The lowest BCUT2D eigenvalue weighted by molar-refractivity contribution is 0.0478. The fourth-order valence-corrected chi connectivity index (χ4v) is 4.76. The second-order valence-corrected chi connectivity index (χ2v) is 8.97. The van der Waals surface area contributed by atoms with Crippen molar-refractivity contribution in [2.45, 2.75) is 38.1 Å². The van der Waals surface area contributed by atoms with Gasteiger partial charge in [0, 0.05) is 48.4 Å². The minimum absolute atomic E-state index is 0.0641. The van der Waals surface area contributed by atoms with Gasteiger partial charge in [0.1, 0.15) is 5.75 Å². The normalized spacial score (nSPS) is 18.8. The Bertz CT molecular complexity index is 912. The van der Waals surface area contributed by atoms with Crippen LogP contribution in [0, 0.1) is 5.92 Å². The maximum atomic E-state index is 13.0. The first-order valence-corrected chi connectivity index (χ1v) is 11.6. The number of hydrogen-bond donors (Lipinski definition) is 2. The van der Waals surface area contributed by atoms with E-state index in [4.69, 9.17) is 21.1 Å². The number of halogens is 1. The molecular weight excluding hydrogens is 412 g/mol. The molecule has 0 saturated carbocycles. The SMILES string of the molecule is CN[C@H](CNC(=O)c1cc(Cc2cccc(Cl)c2)c2c(c1)OCC2)C[C@H]1CCCOC1. The molecule has 2 aliphatic heterocycles. The quantitative estimate of drug-likeness (QED) is 0.648. The monoisotopic (exact) mass is 442 g/mol. The average Bonchev–Trinajstić information content (AvgIpc) is 3.26. The second-order valence-electron chi connectivity index (χ2n) is 8.53. The third kappa shape index (κ3) is 5.79. The molecule has 6 heteroatoms. The van der Waals surface area contributed by atoms with Gasteiger partial charge in [-0.25, -0.2) is 0 Å². The summed E-state index contributed by atoms with van der Waals surface area (Å²) in [6.07, 6.45) is 4.93. The van der Waals surface area contributed by atoms with Gasteiger partial charge < -0.3 is 20.1 Å². The van der Waals surface area contributed by atoms with Crippen molar-refractivity contribution < 1.29 is 14.3 Å². The van der Waals surface area contributed by atoms with E-state index in [1.165, 1.54) is 12.0 Å². The molecule has 31 heavy (non-hydrogen) atoms. The van der Waals surface area contributed by atoms with Crippen LogP contribution < -0.4 is 15.4 Å². The van der Waals surface area contributed by atoms with Crippen LogP contribution >= 0.6 is 11.6 Å². The Morgan fingerprint density at radius 3 is 2.94 bits per heavy atom. The van der Waals surface area contributed by atoms with E-state index in [0.29, 0.717) is 24.6 Å². The minimum Gasteiger partial charge on any atom is -0.493 e. The summed E-state index contributed by atoms with van der Waals surface area (Å²) >= 11 is 6.16. The molecule has 1 saturated heterocycles. The predicted molar refractivity (Wildman–Crippen MR) is 123 cm³/mol. The minimum atomic E-state index is -0.0641. The van der Waals surface area contributed by atoms with E-state index in [2.05, 4.69) is 16.7 Å². The lowest BCUT2D eigenvalue weighted by atomic mass is 9.94. The van der Waals surface area contributed by atoms with Gasteiger partial charge in [0.05, 0.1) is 6.61 Å². The molecule has 5 nitrogen and oxygen atoms in total. The molecule has 4 rings (SSSR count). The van der Waals surface area contributed by atoms with Gasteiger partial charge in [-0.15, -0.1) is 0 Å². The van der Waals surface area contributed by atoms with Gasteiger partial charge in [-0.1, -0.05) is 23.7 Å². The van der Waals surface area contributed by atoms with Crippen LogP contribution in [0.1, 0.15) is 46.3 Å². The summed E-state index contributed by atoms with van der Waals surface area (Å²) in [5.74, 6) is 1.32. The third-order valence-corrected chi connectivity index (χ3v) is 6.48. The highest BCUT2D eigenvalue weighted by molar-refractivity contribution is 6.30. The standard InChI is InChI=1S/C25H31ClN2O3/c1-27-22(12-18-5-3-8-30-16-18)15-28-25(29)20-13-19(23-7-9-31-24(23)14-20)10-17-4-2-6-21(26)11-17/h2,4,6,11,13-14,18,22,27H,3,5,7-10,12,15-16H2,1H3,(H,28,29)/t18-,22+/m1/s1. The summed E-state index contributed by atoms with van der Waals surface area (Å²) < 4.78 is 11.4. The zero-order chi connectivity index (χ0) is 21.6. The summed E-state index contributed by atoms with van der Waals surface area (Å²) in [6.45, 7) is 2.94. The van der Waals surface area contributed by atoms with Crippen LogP contribution in [0.3, 0.4) is 0 Å². The van der Waals surface area contributed by atoms with Crippen LogP contribution in [-0.4, -0.2) is 45.4 Å². The van der Waals surface area contributed by atoms with Gasteiger partial charge in [0.15, 0.2) is 0 Å². The molecule has 0 spiro atoms. The predicted octanol–water partition coefficient (Wildman–Crippen LogP) is 4.00. The van der Waals surface area contributed by atoms with Gasteiger partial charge in [-0.3, -0.25) is 4.79 Å². The molecule has 2 atom stereocenters. The van der Waals surface area contributed by atoms with Crippen molar-refractivity contribution in [3.63, 3.8) is 0 Å². The Morgan fingerprint density at radius 2 is 2.16 bits per heavy atom. The first kappa shape index (κ1) is 22.1. The Labute approximate surface area is 189 Å². The summed E-state index contributed by atoms with van der Waals surface area (Å²) in [7, 11) is 1.95. The molecule has 2 aliphatic rings. The van der Waals surface area contributed by atoms with E-state index in [1.807, 2.05) is 37.4 Å². The molecule has 2 aromatic carbocycles. The number of hydrogen-bond acceptors (Lipinski definition) is 4. The van der Waals surface area contributed by atoms with Gasteiger partial charge >= 0.3 is 0 Å². The number of fused-ring (bicyclic) bond motifs is 1. The van der Waals surface area contributed by atoms with Crippen LogP contribution in [0.15, 0.2) is 36.4 Å². The smallest absolute Gasteiger partial charge is 0.251 e. The maximum absolute atomic E-state index is 13.0. The number of benzene rings is 2. The van der Waals surface area contributed by atoms with Gasteiger partial charge in [0.25, 0.3) is 5.91 Å². The summed E-state index contributed by atoms with van der Waals surface area (Å²) in [5, 5.41) is 7.17. The largest absolute Gasteiger partial charge is 0.493 e. The highest BCUT2D eigenvalue weighted by atomic mass is 35.5. The van der Waals surface area contributed by atoms with Crippen LogP contribution in [0.4, 0.5) is 0 Å². The Morgan fingerprint density at radius 1 is 1.26 bits per heavy atom. The first-order valence-electron chi connectivity index (χ1n) is 11.2. The molecule has 1 amide bonds. The van der Waals surface area contributed by atoms with Crippen LogP contribution in [0.2, 0.25) is 5.02 Å². The van der Waals surface area contributed by atoms with E-state index < -0.39 is 0 Å². The highest BCUT2D eigenvalue weighted by Gasteiger charge is 2.22.